The lowest BCUT2D eigenvalue weighted by molar-refractivity contribution is -0.384. The summed E-state index contributed by atoms with van der Waals surface area (Å²) in [4.78, 5) is 52.8. The Hall–Kier alpha value is -6.09. The van der Waals surface area contributed by atoms with E-state index in [9.17, 15) is 24.5 Å². The first-order valence-corrected chi connectivity index (χ1v) is 15.5. The largest absolute Gasteiger partial charge is 0.493 e. The van der Waals surface area contributed by atoms with E-state index in [1.165, 1.54) is 52.7 Å². The lowest BCUT2D eigenvalue weighted by atomic mass is 9.82. The zero-order valence-electron chi connectivity index (χ0n) is 27.1. The van der Waals surface area contributed by atoms with Crippen LogP contribution in [0.4, 0.5) is 11.4 Å². The van der Waals surface area contributed by atoms with E-state index in [0.717, 1.165) is 15.9 Å². The smallest absolute Gasteiger partial charge is 0.338 e. The standard InChI is InChI=1S/C34H32N4O10S/c1-6-48-34(41)28-27(19-8-14-23(45-3)25(17-19)47-5)29(31(39)36-20-9-11-21(12-10-20)38(42)43)33-37(30(28)35)32(40)26(49-33)16-18-7-13-22(44-2)24(15-18)46-4/h7-17,27H,6,35H2,1-5H3,(H,36,39)/b26-16-. The van der Waals surface area contributed by atoms with E-state index in [2.05, 4.69) is 5.32 Å². The van der Waals surface area contributed by atoms with E-state index in [4.69, 9.17) is 29.4 Å². The number of nitro benzene ring substituents is 1. The lowest BCUT2D eigenvalue weighted by Crippen LogP contribution is -2.42. The van der Waals surface area contributed by atoms with Gasteiger partial charge in [0.2, 0.25) is 0 Å². The first-order chi connectivity index (χ1) is 23.6. The maximum atomic E-state index is 14.4. The van der Waals surface area contributed by atoms with E-state index in [1.54, 1.807) is 49.4 Å². The minimum atomic E-state index is -1.15. The Balaban J connectivity index is 1.83. The van der Waals surface area contributed by atoms with E-state index in [0.29, 0.717) is 34.1 Å². The number of rotatable bonds is 11. The van der Waals surface area contributed by atoms with Gasteiger partial charge in [0, 0.05) is 17.8 Å². The Morgan fingerprint density at radius 2 is 1.53 bits per heavy atom. The molecule has 49 heavy (non-hydrogen) atoms. The molecule has 1 amide bonds. The van der Waals surface area contributed by atoms with Crippen LogP contribution in [0.2, 0.25) is 0 Å². The summed E-state index contributed by atoms with van der Waals surface area (Å²) in [6, 6.07) is 15.2. The Kier molecular flexibility index (Phi) is 10.0. The number of fused-ring (bicyclic) bond motifs is 1. The number of nitrogens with two attached hydrogens (primary N) is 1. The number of ether oxygens (including phenoxy) is 5. The summed E-state index contributed by atoms with van der Waals surface area (Å²) in [6.07, 6.45) is 1.61. The molecule has 1 aliphatic heterocycles. The van der Waals surface area contributed by atoms with Crippen molar-refractivity contribution in [2.45, 2.75) is 12.8 Å². The van der Waals surface area contributed by atoms with Gasteiger partial charge in [-0.2, -0.15) is 0 Å². The van der Waals surface area contributed by atoms with Crippen molar-refractivity contribution in [1.82, 2.24) is 4.57 Å². The average molecular weight is 689 g/mol. The summed E-state index contributed by atoms with van der Waals surface area (Å²) in [5, 5.41) is 14.0. The summed E-state index contributed by atoms with van der Waals surface area (Å²) in [6.45, 7) is 1.61. The van der Waals surface area contributed by atoms with Crippen LogP contribution >= 0.6 is 11.3 Å². The molecule has 0 radical (unpaired) electrons. The molecule has 254 valence electrons. The van der Waals surface area contributed by atoms with Gasteiger partial charge in [-0.1, -0.05) is 12.1 Å². The van der Waals surface area contributed by atoms with Gasteiger partial charge >= 0.3 is 5.97 Å². The maximum Gasteiger partial charge on any atom is 0.338 e. The minimum absolute atomic E-state index is 0.00288. The molecule has 15 heteroatoms. The second-order valence-electron chi connectivity index (χ2n) is 10.4. The number of hydrogen-bond acceptors (Lipinski definition) is 12. The van der Waals surface area contributed by atoms with Crippen LogP contribution in [0.3, 0.4) is 0 Å². The van der Waals surface area contributed by atoms with E-state index < -0.39 is 28.3 Å². The number of nitro groups is 1. The third kappa shape index (κ3) is 6.56. The Morgan fingerprint density at radius 3 is 2.12 bits per heavy atom. The monoisotopic (exact) mass is 688 g/mol. The van der Waals surface area contributed by atoms with Gasteiger partial charge in [-0.15, -0.1) is 11.3 Å². The number of aromatic nitrogens is 1. The first kappa shape index (κ1) is 34.3. The quantitative estimate of drug-likeness (QED) is 0.134. The number of amides is 1. The second-order valence-corrected chi connectivity index (χ2v) is 11.4. The number of nitrogens with one attached hydrogen (secondary N) is 1. The van der Waals surface area contributed by atoms with Crippen molar-refractivity contribution in [3.05, 3.63) is 107 Å². The summed E-state index contributed by atoms with van der Waals surface area (Å²) >= 11 is 0.994. The Labute approximate surface area is 283 Å². The minimum Gasteiger partial charge on any atom is -0.493 e. The number of hydrogen-bond donors (Lipinski definition) is 2. The molecule has 3 aromatic carbocycles. The number of carbonyl (C=O) groups excluding carboxylic acids is 2. The van der Waals surface area contributed by atoms with Gasteiger partial charge in [0.15, 0.2) is 23.0 Å². The maximum absolute atomic E-state index is 14.4. The van der Waals surface area contributed by atoms with Crippen molar-refractivity contribution in [3.63, 3.8) is 0 Å². The molecule has 1 aliphatic rings. The van der Waals surface area contributed by atoms with Crippen LogP contribution in [0.15, 0.2) is 71.0 Å². The highest BCUT2D eigenvalue weighted by Crippen LogP contribution is 2.41. The average Bonchev–Trinajstić information content (AvgIpc) is 3.42. The van der Waals surface area contributed by atoms with Gasteiger partial charge in [0.1, 0.15) is 10.5 Å². The number of methoxy groups -OCH3 is 4. The fraction of sp³-hybridized carbons (Fsp3) is 0.206. The summed E-state index contributed by atoms with van der Waals surface area (Å²) < 4.78 is 28.5. The van der Waals surface area contributed by atoms with Gasteiger partial charge in [-0.25, -0.2) is 4.79 Å². The molecule has 2 heterocycles. The van der Waals surface area contributed by atoms with Crippen LogP contribution in [-0.4, -0.2) is 56.4 Å². The molecular formula is C34H32N4O10S. The van der Waals surface area contributed by atoms with Crippen molar-refractivity contribution in [1.29, 1.82) is 0 Å². The van der Waals surface area contributed by atoms with Crippen LogP contribution in [0.5, 0.6) is 23.0 Å². The summed E-state index contributed by atoms with van der Waals surface area (Å²) in [5.41, 5.74) is 7.00. The van der Waals surface area contributed by atoms with Gasteiger partial charge in [-0.05, 0) is 60.5 Å². The molecular weight excluding hydrogens is 656 g/mol. The van der Waals surface area contributed by atoms with Gasteiger partial charge in [-0.3, -0.25) is 24.3 Å². The number of nitrogens with zero attached hydrogens (tertiary/aromatic N) is 2. The Bertz CT molecular complexity index is 2170. The SMILES string of the molecule is CCOC(=O)C1=C(N)n2c(s/c(=C\c3ccc(OC)c(OC)c3)c2=O)=C(C(=O)Nc2ccc([N+](=O)[O-])cc2)C1c1ccc(OC)c(OC)c1. The molecule has 5 rings (SSSR count). The van der Waals surface area contributed by atoms with Crippen LogP contribution in [-0.2, 0) is 14.3 Å². The van der Waals surface area contributed by atoms with Crippen molar-refractivity contribution < 1.29 is 38.2 Å². The topological polar surface area (TPSA) is 183 Å². The van der Waals surface area contributed by atoms with E-state index in [-0.39, 0.29) is 44.1 Å². The highest BCUT2D eigenvalue weighted by Gasteiger charge is 2.39. The van der Waals surface area contributed by atoms with Crippen LogP contribution in [0.1, 0.15) is 24.0 Å². The molecule has 0 aliphatic carbocycles. The van der Waals surface area contributed by atoms with Crippen LogP contribution in [0.25, 0.3) is 17.5 Å². The number of non-ortho nitro benzene ring substituents is 1. The molecule has 0 saturated carbocycles. The van der Waals surface area contributed by atoms with Gasteiger partial charge in [0.25, 0.3) is 17.2 Å². The van der Waals surface area contributed by atoms with Crippen molar-refractivity contribution >= 4 is 52.1 Å². The normalized spacial score (nSPS) is 14.2. The molecule has 0 bridgehead atoms. The lowest BCUT2D eigenvalue weighted by Gasteiger charge is -2.28. The van der Waals surface area contributed by atoms with E-state index in [1.807, 2.05) is 0 Å². The molecule has 1 aromatic heterocycles. The number of anilines is 1. The second kappa shape index (κ2) is 14.4. The highest BCUT2D eigenvalue weighted by molar-refractivity contribution is 7.07. The molecule has 1 unspecified atom stereocenters. The number of benzene rings is 3. The zero-order chi connectivity index (χ0) is 35.4. The molecule has 1 atom stereocenters. The third-order valence-corrected chi connectivity index (χ3v) is 8.78. The fourth-order valence-electron chi connectivity index (χ4n) is 5.40. The van der Waals surface area contributed by atoms with Crippen molar-refractivity contribution in [2.75, 3.05) is 40.4 Å². The number of thiazole rings is 1. The molecule has 3 N–H and O–H groups in total. The van der Waals surface area contributed by atoms with Gasteiger partial charge in [0.05, 0.1) is 61.6 Å². The highest BCUT2D eigenvalue weighted by atomic mass is 32.1. The fourth-order valence-corrected chi connectivity index (χ4v) is 6.58. The van der Waals surface area contributed by atoms with Crippen LogP contribution in [0, 0.1) is 10.1 Å². The predicted octanol–water partition coefficient (Wildman–Crippen LogP) is 2.96. The predicted molar refractivity (Wildman–Crippen MR) is 182 cm³/mol. The van der Waals surface area contributed by atoms with Crippen LogP contribution < -0.4 is 44.8 Å². The summed E-state index contributed by atoms with van der Waals surface area (Å²) in [5.74, 6) is -1.27. The molecule has 0 spiro atoms. The molecule has 4 aromatic rings. The van der Waals surface area contributed by atoms with E-state index >= 15 is 0 Å². The Morgan fingerprint density at radius 1 is 0.918 bits per heavy atom. The molecule has 0 fully saturated rings. The third-order valence-electron chi connectivity index (χ3n) is 7.67. The van der Waals surface area contributed by atoms with Crippen molar-refractivity contribution in [2.24, 2.45) is 5.73 Å². The molecule has 0 saturated heterocycles. The zero-order valence-corrected chi connectivity index (χ0v) is 27.9. The molecule has 14 nitrogen and oxygen atoms in total. The first-order valence-electron chi connectivity index (χ1n) is 14.7. The number of esters is 1. The van der Waals surface area contributed by atoms with Crippen molar-refractivity contribution in [3.8, 4) is 23.0 Å². The number of carbonyl (C=O) groups is 2. The van der Waals surface area contributed by atoms with Gasteiger partial charge < -0.3 is 34.7 Å². The summed E-state index contributed by atoms with van der Waals surface area (Å²) in [7, 11) is 5.90.